The quantitative estimate of drug-likeness (QED) is 0.780. The Labute approximate surface area is 95.5 Å². The molecule has 0 aliphatic rings. The maximum atomic E-state index is 5.97. The molecule has 3 heteroatoms. The summed E-state index contributed by atoms with van der Waals surface area (Å²) >= 11 is 0. The standard InChI is InChI=1S/C13H15N3/c1-10-3-4-12(14)13(9-10)16(2)11-5-7-15-8-6-11/h3-9H,14H2,1-2H3. The summed E-state index contributed by atoms with van der Waals surface area (Å²) in [6, 6.07) is 9.95. The topological polar surface area (TPSA) is 42.1 Å². The summed E-state index contributed by atoms with van der Waals surface area (Å²) in [5.74, 6) is 0. The van der Waals surface area contributed by atoms with Crippen molar-refractivity contribution in [3.63, 3.8) is 0 Å². The lowest BCUT2D eigenvalue weighted by molar-refractivity contribution is 1.18. The largest absolute Gasteiger partial charge is 0.397 e. The average molecular weight is 213 g/mol. The van der Waals surface area contributed by atoms with Gasteiger partial charge in [0.25, 0.3) is 0 Å². The van der Waals surface area contributed by atoms with Crippen LogP contribution in [0.4, 0.5) is 17.1 Å². The number of nitrogens with zero attached hydrogens (tertiary/aromatic N) is 2. The van der Waals surface area contributed by atoms with Crippen molar-refractivity contribution in [2.45, 2.75) is 6.92 Å². The molecule has 82 valence electrons. The Morgan fingerprint density at radius 1 is 1.12 bits per heavy atom. The summed E-state index contributed by atoms with van der Waals surface area (Å²) in [4.78, 5) is 6.06. The summed E-state index contributed by atoms with van der Waals surface area (Å²) in [6.07, 6.45) is 3.55. The third-order valence-corrected chi connectivity index (χ3v) is 2.60. The number of aromatic nitrogens is 1. The lowest BCUT2D eigenvalue weighted by Gasteiger charge is -2.21. The van der Waals surface area contributed by atoms with E-state index in [1.54, 1.807) is 12.4 Å². The number of nitrogen functional groups attached to an aromatic ring is 1. The van der Waals surface area contributed by atoms with Crippen LogP contribution in [0.15, 0.2) is 42.7 Å². The molecule has 0 fully saturated rings. The van der Waals surface area contributed by atoms with E-state index in [1.807, 2.05) is 31.3 Å². The second-order valence-electron chi connectivity index (χ2n) is 3.83. The molecule has 0 saturated carbocycles. The summed E-state index contributed by atoms with van der Waals surface area (Å²) in [5.41, 5.74) is 10.0. The predicted octanol–water partition coefficient (Wildman–Crippen LogP) is 2.74. The van der Waals surface area contributed by atoms with Crippen molar-refractivity contribution in [2.75, 3.05) is 17.7 Å². The monoisotopic (exact) mass is 213 g/mol. The second kappa shape index (κ2) is 4.23. The molecule has 1 aromatic heterocycles. The first-order valence-corrected chi connectivity index (χ1v) is 5.18. The van der Waals surface area contributed by atoms with Gasteiger partial charge in [0.2, 0.25) is 0 Å². The van der Waals surface area contributed by atoms with Crippen LogP contribution in [0.3, 0.4) is 0 Å². The second-order valence-corrected chi connectivity index (χ2v) is 3.83. The first-order valence-electron chi connectivity index (χ1n) is 5.18. The summed E-state index contributed by atoms with van der Waals surface area (Å²) < 4.78 is 0. The normalized spacial score (nSPS) is 10.1. The van der Waals surface area contributed by atoms with Crippen LogP contribution in [0.5, 0.6) is 0 Å². The van der Waals surface area contributed by atoms with E-state index in [4.69, 9.17) is 5.73 Å². The van der Waals surface area contributed by atoms with Gasteiger partial charge in [-0.1, -0.05) is 6.07 Å². The fraction of sp³-hybridized carbons (Fsp3) is 0.154. The van der Waals surface area contributed by atoms with Gasteiger partial charge in [-0.3, -0.25) is 4.98 Å². The zero-order chi connectivity index (χ0) is 11.5. The van der Waals surface area contributed by atoms with Crippen molar-refractivity contribution in [3.05, 3.63) is 48.3 Å². The molecule has 0 amide bonds. The fourth-order valence-electron chi connectivity index (χ4n) is 1.65. The van der Waals surface area contributed by atoms with E-state index in [9.17, 15) is 0 Å². The van der Waals surface area contributed by atoms with Crippen molar-refractivity contribution in [3.8, 4) is 0 Å². The van der Waals surface area contributed by atoms with Crippen molar-refractivity contribution >= 4 is 17.1 Å². The maximum Gasteiger partial charge on any atom is 0.0644 e. The molecule has 0 saturated heterocycles. The van der Waals surface area contributed by atoms with Crippen LogP contribution in [0.25, 0.3) is 0 Å². The molecule has 16 heavy (non-hydrogen) atoms. The van der Waals surface area contributed by atoms with Gasteiger partial charge in [-0.05, 0) is 36.8 Å². The molecule has 0 bridgehead atoms. The number of aryl methyl sites for hydroxylation is 1. The third-order valence-electron chi connectivity index (χ3n) is 2.60. The van der Waals surface area contributed by atoms with Gasteiger partial charge in [-0.15, -0.1) is 0 Å². The van der Waals surface area contributed by atoms with E-state index >= 15 is 0 Å². The highest BCUT2D eigenvalue weighted by Gasteiger charge is 2.07. The minimum Gasteiger partial charge on any atom is -0.397 e. The molecule has 0 radical (unpaired) electrons. The third kappa shape index (κ3) is 1.98. The SMILES string of the molecule is Cc1ccc(N)c(N(C)c2ccncc2)c1. The van der Waals surface area contributed by atoms with Gasteiger partial charge >= 0.3 is 0 Å². The number of hydrogen-bond donors (Lipinski definition) is 1. The molecular weight excluding hydrogens is 198 g/mol. The Morgan fingerprint density at radius 2 is 1.81 bits per heavy atom. The highest BCUT2D eigenvalue weighted by atomic mass is 15.1. The zero-order valence-electron chi connectivity index (χ0n) is 9.51. The van der Waals surface area contributed by atoms with Crippen LogP contribution in [0.1, 0.15) is 5.56 Å². The van der Waals surface area contributed by atoms with Crippen molar-refractivity contribution < 1.29 is 0 Å². The van der Waals surface area contributed by atoms with Crippen LogP contribution < -0.4 is 10.6 Å². The molecular formula is C13H15N3. The summed E-state index contributed by atoms with van der Waals surface area (Å²) in [6.45, 7) is 2.06. The molecule has 0 unspecified atom stereocenters. The van der Waals surface area contributed by atoms with Gasteiger partial charge in [-0.2, -0.15) is 0 Å². The van der Waals surface area contributed by atoms with E-state index in [2.05, 4.69) is 22.9 Å². The first kappa shape index (κ1) is 10.5. The Bertz CT molecular complexity index is 480. The van der Waals surface area contributed by atoms with Gasteiger partial charge in [0, 0.05) is 25.1 Å². The number of benzene rings is 1. The Balaban J connectivity index is 2.41. The smallest absolute Gasteiger partial charge is 0.0644 e. The van der Waals surface area contributed by atoms with Crippen molar-refractivity contribution in [1.82, 2.24) is 4.98 Å². The minimum atomic E-state index is 0.782. The number of anilines is 3. The van der Waals surface area contributed by atoms with Crippen LogP contribution in [0, 0.1) is 6.92 Å². The number of rotatable bonds is 2. The zero-order valence-corrected chi connectivity index (χ0v) is 9.51. The highest BCUT2D eigenvalue weighted by Crippen LogP contribution is 2.29. The first-order chi connectivity index (χ1) is 7.68. The fourth-order valence-corrected chi connectivity index (χ4v) is 1.65. The molecule has 3 nitrogen and oxygen atoms in total. The maximum absolute atomic E-state index is 5.97. The molecule has 2 rings (SSSR count). The van der Waals surface area contributed by atoms with Crippen molar-refractivity contribution in [2.24, 2.45) is 0 Å². The Hall–Kier alpha value is -2.03. The minimum absolute atomic E-state index is 0.782. The predicted molar refractivity (Wildman–Crippen MR) is 67.9 cm³/mol. The van der Waals surface area contributed by atoms with Crippen molar-refractivity contribution in [1.29, 1.82) is 0 Å². The summed E-state index contributed by atoms with van der Waals surface area (Å²) in [7, 11) is 2.00. The Morgan fingerprint density at radius 3 is 2.50 bits per heavy atom. The molecule has 1 aromatic carbocycles. The van der Waals surface area contributed by atoms with Crippen LogP contribution in [0.2, 0.25) is 0 Å². The van der Waals surface area contributed by atoms with E-state index in [-0.39, 0.29) is 0 Å². The van der Waals surface area contributed by atoms with Gasteiger partial charge in [0.05, 0.1) is 11.4 Å². The summed E-state index contributed by atoms with van der Waals surface area (Å²) in [5, 5.41) is 0. The van der Waals surface area contributed by atoms with E-state index in [1.165, 1.54) is 5.56 Å². The molecule has 0 aliphatic heterocycles. The molecule has 0 atom stereocenters. The van der Waals surface area contributed by atoms with Gasteiger partial charge in [0.15, 0.2) is 0 Å². The van der Waals surface area contributed by atoms with Crippen LogP contribution in [-0.4, -0.2) is 12.0 Å². The van der Waals surface area contributed by atoms with E-state index in [0.717, 1.165) is 17.1 Å². The molecule has 0 aliphatic carbocycles. The molecule has 1 heterocycles. The average Bonchev–Trinajstić information content (AvgIpc) is 2.32. The van der Waals surface area contributed by atoms with E-state index < -0.39 is 0 Å². The number of nitrogens with two attached hydrogens (primary N) is 1. The lowest BCUT2D eigenvalue weighted by Crippen LogP contribution is -2.11. The van der Waals surface area contributed by atoms with E-state index in [0.29, 0.717) is 0 Å². The number of hydrogen-bond acceptors (Lipinski definition) is 3. The van der Waals surface area contributed by atoms with Crippen LogP contribution in [-0.2, 0) is 0 Å². The highest BCUT2D eigenvalue weighted by molar-refractivity contribution is 5.74. The Kier molecular flexibility index (Phi) is 2.77. The molecule has 2 aromatic rings. The molecule has 0 spiro atoms. The number of pyridine rings is 1. The lowest BCUT2D eigenvalue weighted by atomic mass is 10.1. The van der Waals surface area contributed by atoms with Crippen LogP contribution >= 0.6 is 0 Å². The van der Waals surface area contributed by atoms with Gasteiger partial charge < -0.3 is 10.6 Å². The molecule has 2 N–H and O–H groups in total. The van der Waals surface area contributed by atoms with Gasteiger partial charge in [-0.25, -0.2) is 0 Å². The van der Waals surface area contributed by atoms with Gasteiger partial charge in [0.1, 0.15) is 0 Å².